The first-order valence-corrected chi connectivity index (χ1v) is 11.1. The van der Waals surface area contributed by atoms with E-state index in [0.717, 1.165) is 10.4 Å². The van der Waals surface area contributed by atoms with Crippen LogP contribution >= 0.6 is 34.5 Å². The summed E-state index contributed by atoms with van der Waals surface area (Å²) in [5.41, 5.74) is 2.35. The highest BCUT2D eigenvalue weighted by atomic mass is 35.5. The second-order valence-corrected chi connectivity index (χ2v) is 8.65. The third-order valence-corrected chi connectivity index (χ3v) is 6.29. The van der Waals surface area contributed by atoms with Gasteiger partial charge in [-0.2, -0.15) is 0 Å². The fraction of sp³-hybridized carbons (Fsp3) is 0.0435. The quantitative estimate of drug-likeness (QED) is 0.228. The van der Waals surface area contributed by atoms with E-state index in [1.165, 1.54) is 35.6 Å². The summed E-state index contributed by atoms with van der Waals surface area (Å²) in [5.74, 6) is 0.271. The van der Waals surface area contributed by atoms with E-state index < -0.39 is 10.8 Å². The van der Waals surface area contributed by atoms with Gasteiger partial charge in [0.25, 0.3) is 11.6 Å². The van der Waals surface area contributed by atoms with Crippen LogP contribution in [0.15, 0.2) is 66.7 Å². The number of ether oxygens (including phenoxy) is 1. The Kier molecular flexibility index (Phi) is 6.60. The van der Waals surface area contributed by atoms with Crippen LogP contribution < -0.4 is 10.1 Å². The van der Waals surface area contributed by atoms with Crippen molar-refractivity contribution in [3.63, 3.8) is 0 Å². The normalized spacial score (nSPS) is 10.6. The number of hydrogen-bond donors (Lipinski definition) is 1. The molecule has 0 spiro atoms. The molecule has 1 heterocycles. The number of non-ortho nitro benzene ring substituents is 1. The average Bonchev–Trinajstić information content (AvgIpc) is 3.22. The predicted molar refractivity (Wildman–Crippen MR) is 131 cm³/mol. The Balaban J connectivity index is 1.74. The van der Waals surface area contributed by atoms with Crippen molar-refractivity contribution in [2.75, 3.05) is 12.4 Å². The lowest BCUT2D eigenvalue weighted by atomic mass is 10.1. The predicted octanol–water partition coefficient (Wildman–Crippen LogP) is 6.95. The van der Waals surface area contributed by atoms with E-state index in [1.807, 2.05) is 24.3 Å². The molecule has 0 radical (unpaired) electrons. The van der Waals surface area contributed by atoms with Crippen molar-refractivity contribution in [1.82, 2.24) is 4.98 Å². The number of nitrogens with one attached hydrogen (secondary N) is 1. The fourth-order valence-corrected chi connectivity index (χ4v) is 4.57. The first-order valence-electron chi connectivity index (χ1n) is 9.52. The van der Waals surface area contributed by atoms with Gasteiger partial charge in [-0.05, 0) is 60.2 Å². The van der Waals surface area contributed by atoms with Crippen molar-refractivity contribution >= 4 is 51.3 Å². The van der Waals surface area contributed by atoms with Crippen LogP contribution in [-0.2, 0) is 0 Å². The molecule has 0 unspecified atom stereocenters. The van der Waals surface area contributed by atoms with Crippen LogP contribution in [0, 0.1) is 10.1 Å². The number of nitrogens with zero attached hydrogens (tertiary/aromatic N) is 2. The third kappa shape index (κ3) is 4.98. The molecule has 4 aromatic rings. The van der Waals surface area contributed by atoms with Crippen molar-refractivity contribution in [3.8, 4) is 27.4 Å². The van der Waals surface area contributed by atoms with E-state index in [1.54, 1.807) is 25.3 Å². The van der Waals surface area contributed by atoms with Gasteiger partial charge in [-0.15, -0.1) is 0 Å². The molecule has 7 nitrogen and oxygen atoms in total. The summed E-state index contributed by atoms with van der Waals surface area (Å²) in [6.07, 6.45) is 0. The number of nitro groups is 1. The Hall–Kier alpha value is -3.46. The second kappa shape index (κ2) is 9.58. The lowest BCUT2D eigenvalue weighted by Crippen LogP contribution is -2.12. The molecule has 0 saturated heterocycles. The highest BCUT2D eigenvalue weighted by Crippen LogP contribution is 2.40. The summed E-state index contributed by atoms with van der Waals surface area (Å²) < 4.78 is 5.23. The molecule has 1 aromatic heterocycles. The zero-order valence-electron chi connectivity index (χ0n) is 17.0. The largest absolute Gasteiger partial charge is 0.497 e. The summed E-state index contributed by atoms with van der Waals surface area (Å²) >= 11 is 13.4. The van der Waals surface area contributed by atoms with Crippen LogP contribution in [0.5, 0.6) is 5.75 Å². The summed E-state index contributed by atoms with van der Waals surface area (Å²) in [4.78, 5) is 28.7. The molecule has 4 rings (SSSR count). The van der Waals surface area contributed by atoms with Crippen molar-refractivity contribution in [2.45, 2.75) is 0 Å². The Bertz CT molecular complexity index is 1340. The minimum atomic E-state index is -0.462. The minimum absolute atomic E-state index is 0.0223. The number of nitro benzene ring substituents is 1. The van der Waals surface area contributed by atoms with Crippen molar-refractivity contribution in [1.29, 1.82) is 0 Å². The lowest BCUT2D eigenvalue weighted by molar-refractivity contribution is -0.384. The third-order valence-electron chi connectivity index (χ3n) is 4.73. The zero-order valence-corrected chi connectivity index (χ0v) is 19.4. The molecule has 10 heteroatoms. The smallest absolute Gasteiger partial charge is 0.269 e. The number of amides is 1. The van der Waals surface area contributed by atoms with Crippen LogP contribution in [-0.4, -0.2) is 22.9 Å². The number of benzene rings is 3. The highest BCUT2D eigenvalue weighted by molar-refractivity contribution is 7.19. The topological polar surface area (TPSA) is 94.4 Å². The van der Waals surface area contributed by atoms with E-state index >= 15 is 0 Å². The average molecular weight is 500 g/mol. The molecule has 166 valence electrons. The van der Waals surface area contributed by atoms with Crippen LogP contribution in [0.25, 0.3) is 21.7 Å². The first-order chi connectivity index (χ1) is 15.9. The molecule has 0 aliphatic heterocycles. The van der Waals surface area contributed by atoms with Crippen molar-refractivity contribution in [3.05, 3.63) is 92.5 Å². The second-order valence-electron chi connectivity index (χ2n) is 6.81. The molecule has 0 aliphatic carbocycles. The van der Waals surface area contributed by atoms with E-state index in [9.17, 15) is 14.9 Å². The van der Waals surface area contributed by atoms with Gasteiger partial charge in [0.05, 0.1) is 33.2 Å². The SMILES string of the molecule is COc1ccc(-c2sc(NC(=O)c3ccc(Cl)cc3Cl)nc2-c2ccc([N+](=O)[O-])cc2)cc1. The van der Waals surface area contributed by atoms with Gasteiger partial charge in [0.1, 0.15) is 5.75 Å². The zero-order chi connectivity index (χ0) is 23.5. The van der Waals surface area contributed by atoms with Crippen LogP contribution in [0.4, 0.5) is 10.8 Å². The monoisotopic (exact) mass is 499 g/mol. The number of hydrogen-bond acceptors (Lipinski definition) is 6. The molecule has 1 N–H and O–H groups in total. The van der Waals surface area contributed by atoms with Gasteiger partial charge in [0.15, 0.2) is 5.13 Å². The number of anilines is 1. The Morgan fingerprint density at radius 3 is 2.30 bits per heavy atom. The van der Waals surface area contributed by atoms with Crippen LogP contribution in [0.1, 0.15) is 10.4 Å². The summed E-state index contributed by atoms with van der Waals surface area (Å²) in [6.45, 7) is 0. The maximum atomic E-state index is 12.8. The lowest BCUT2D eigenvalue weighted by Gasteiger charge is -2.04. The number of methoxy groups -OCH3 is 1. The van der Waals surface area contributed by atoms with Gasteiger partial charge >= 0.3 is 0 Å². The number of halogens is 2. The standard InChI is InChI=1S/C23H15Cl2N3O4S/c1-32-17-9-4-14(5-10-17)21-20(13-2-7-16(8-3-13)28(30)31)26-23(33-21)27-22(29)18-11-6-15(24)12-19(18)25/h2-12H,1H3,(H,26,27,29). The van der Waals surface area contributed by atoms with Crippen molar-refractivity contribution in [2.24, 2.45) is 0 Å². The maximum absolute atomic E-state index is 12.8. The molecule has 0 fully saturated rings. The van der Waals surface area contributed by atoms with E-state index in [4.69, 9.17) is 27.9 Å². The molecule has 0 saturated carbocycles. The van der Waals surface area contributed by atoms with Crippen LogP contribution in [0.2, 0.25) is 10.0 Å². The van der Waals surface area contributed by atoms with Crippen LogP contribution in [0.3, 0.4) is 0 Å². The number of thiazole rings is 1. The molecule has 3 aromatic carbocycles. The molecule has 0 atom stereocenters. The molecule has 0 bridgehead atoms. The summed E-state index contributed by atoms with van der Waals surface area (Å²) in [5, 5.41) is 14.8. The van der Waals surface area contributed by atoms with Gasteiger partial charge in [-0.3, -0.25) is 20.2 Å². The Labute approximate surface area is 202 Å². The van der Waals surface area contributed by atoms with E-state index in [0.29, 0.717) is 27.2 Å². The van der Waals surface area contributed by atoms with Gasteiger partial charge in [-0.1, -0.05) is 34.5 Å². The number of rotatable bonds is 6. The maximum Gasteiger partial charge on any atom is 0.269 e. The highest BCUT2D eigenvalue weighted by Gasteiger charge is 2.19. The molecule has 0 aliphatic rings. The number of carbonyl (C=O) groups is 1. The number of carbonyl (C=O) groups excluding carboxylic acids is 1. The first kappa shape index (κ1) is 22.7. The van der Waals surface area contributed by atoms with Gasteiger partial charge in [0, 0.05) is 22.7 Å². The Morgan fingerprint density at radius 2 is 1.70 bits per heavy atom. The fourth-order valence-electron chi connectivity index (χ4n) is 3.09. The summed E-state index contributed by atoms with van der Waals surface area (Å²) in [6, 6.07) is 18.1. The molecular formula is C23H15Cl2N3O4S. The molecular weight excluding hydrogens is 485 g/mol. The van der Waals surface area contributed by atoms with Gasteiger partial charge in [0.2, 0.25) is 0 Å². The van der Waals surface area contributed by atoms with Crippen molar-refractivity contribution < 1.29 is 14.5 Å². The van der Waals surface area contributed by atoms with Gasteiger partial charge in [-0.25, -0.2) is 4.98 Å². The molecule has 33 heavy (non-hydrogen) atoms. The van der Waals surface area contributed by atoms with Gasteiger partial charge < -0.3 is 4.74 Å². The minimum Gasteiger partial charge on any atom is -0.497 e. The number of aromatic nitrogens is 1. The molecule has 1 amide bonds. The summed E-state index contributed by atoms with van der Waals surface area (Å²) in [7, 11) is 1.58. The van der Waals surface area contributed by atoms with E-state index in [-0.39, 0.29) is 16.3 Å². The van der Waals surface area contributed by atoms with E-state index in [2.05, 4.69) is 10.3 Å². The Morgan fingerprint density at radius 1 is 1.03 bits per heavy atom.